The van der Waals surface area contributed by atoms with Gasteiger partial charge >= 0.3 is 0 Å². The Bertz CT molecular complexity index is 1550. The minimum absolute atomic E-state index is 0.298. The van der Waals surface area contributed by atoms with Gasteiger partial charge in [-0.05, 0) is 37.9 Å². The molecule has 2 aromatic carbocycles. The smallest absolute Gasteiger partial charge is 0.247 e. The van der Waals surface area contributed by atoms with Gasteiger partial charge in [0.25, 0.3) is 0 Å². The van der Waals surface area contributed by atoms with E-state index in [9.17, 15) is 4.79 Å². The topological polar surface area (TPSA) is 96.8 Å². The Hall–Kier alpha value is -4.41. The summed E-state index contributed by atoms with van der Waals surface area (Å²) in [5.41, 5.74) is 5.06. The van der Waals surface area contributed by atoms with E-state index in [1.807, 2.05) is 37.4 Å². The number of ether oxygens (including phenoxy) is 2. The molecule has 2 N–H and O–H groups in total. The van der Waals surface area contributed by atoms with Gasteiger partial charge in [0.05, 0.1) is 49.1 Å². The quantitative estimate of drug-likeness (QED) is 0.238. The molecule has 0 unspecified atom stereocenters. The molecular formula is C31H37N7O3. The third kappa shape index (κ3) is 6.03. The minimum Gasteiger partial charge on any atom is -0.494 e. The molecular weight excluding hydrogens is 518 g/mol. The molecule has 0 bridgehead atoms. The molecule has 1 saturated heterocycles. The van der Waals surface area contributed by atoms with E-state index in [4.69, 9.17) is 14.5 Å². The molecule has 41 heavy (non-hydrogen) atoms. The van der Waals surface area contributed by atoms with Crippen LogP contribution in [0, 0.1) is 0 Å². The monoisotopic (exact) mass is 555 g/mol. The van der Waals surface area contributed by atoms with E-state index in [2.05, 4.69) is 68.9 Å². The Morgan fingerprint density at radius 2 is 2.00 bits per heavy atom. The van der Waals surface area contributed by atoms with E-state index < -0.39 is 0 Å². The van der Waals surface area contributed by atoms with Gasteiger partial charge in [-0.2, -0.15) is 0 Å². The van der Waals surface area contributed by atoms with Crippen LogP contribution in [0.25, 0.3) is 22.2 Å². The fourth-order valence-corrected chi connectivity index (χ4v) is 4.82. The third-order valence-electron chi connectivity index (χ3n) is 7.46. The highest BCUT2D eigenvalue weighted by atomic mass is 16.5. The number of methoxy groups -OCH3 is 1. The lowest BCUT2D eigenvalue weighted by molar-refractivity contribution is -0.111. The maximum absolute atomic E-state index is 12.3. The van der Waals surface area contributed by atoms with Gasteiger partial charge in [0.1, 0.15) is 5.75 Å². The molecule has 1 aliphatic heterocycles. The first-order valence-corrected chi connectivity index (χ1v) is 13.7. The summed E-state index contributed by atoms with van der Waals surface area (Å²) in [4.78, 5) is 26.0. The molecule has 0 spiro atoms. The largest absolute Gasteiger partial charge is 0.494 e. The number of nitrogens with zero attached hydrogens (tertiary/aromatic N) is 5. The van der Waals surface area contributed by atoms with E-state index in [0.717, 1.165) is 47.5 Å². The van der Waals surface area contributed by atoms with Gasteiger partial charge in [-0.25, -0.2) is 9.97 Å². The van der Waals surface area contributed by atoms with Crippen LogP contribution in [0.3, 0.4) is 0 Å². The Labute approximate surface area is 240 Å². The summed E-state index contributed by atoms with van der Waals surface area (Å²) in [6.45, 7) is 9.73. The lowest BCUT2D eigenvalue weighted by Gasteiger charge is -2.28. The number of aromatic nitrogens is 3. The zero-order valence-electron chi connectivity index (χ0n) is 24.1. The molecule has 214 valence electrons. The summed E-state index contributed by atoms with van der Waals surface area (Å²) in [6.07, 6.45) is 5.14. The second-order valence-electron chi connectivity index (χ2n) is 10.1. The number of fused-ring (bicyclic) bond motifs is 1. The van der Waals surface area contributed by atoms with Crippen LogP contribution >= 0.6 is 0 Å². The lowest BCUT2D eigenvalue weighted by atomic mass is 10.1. The van der Waals surface area contributed by atoms with Crippen molar-refractivity contribution in [1.82, 2.24) is 19.4 Å². The number of anilines is 4. The van der Waals surface area contributed by atoms with Crippen LogP contribution in [-0.2, 0) is 9.53 Å². The van der Waals surface area contributed by atoms with Crippen molar-refractivity contribution in [2.75, 3.05) is 69.6 Å². The van der Waals surface area contributed by atoms with Gasteiger partial charge in [0.15, 0.2) is 0 Å². The normalized spacial score (nSPS) is 13.2. The van der Waals surface area contributed by atoms with Crippen LogP contribution in [0.1, 0.15) is 13.0 Å². The second-order valence-corrected chi connectivity index (χ2v) is 10.1. The van der Waals surface area contributed by atoms with E-state index >= 15 is 0 Å². The Kier molecular flexibility index (Phi) is 8.51. The molecule has 3 heterocycles. The van der Waals surface area contributed by atoms with Gasteiger partial charge < -0.3 is 34.5 Å². The summed E-state index contributed by atoms with van der Waals surface area (Å²) in [7, 11) is 5.69. The van der Waals surface area contributed by atoms with Crippen molar-refractivity contribution in [2.45, 2.75) is 13.0 Å². The lowest BCUT2D eigenvalue weighted by Crippen LogP contribution is -2.31. The van der Waals surface area contributed by atoms with Gasteiger partial charge in [0.2, 0.25) is 11.9 Å². The Balaban J connectivity index is 1.48. The molecule has 1 amide bonds. The fourth-order valence-electron chi connectivity index (χ4n) is 4.82. The van der Waals surface area contributed by atoms with Crippen molar-refractivity contribution in [1.29, 1.82) is 0 Å². The van der Waals surface area contributed by atoms with E-state index in [1.54, 1.807) is 13.3 Å². The Morgan fingerprint density at radius 3 is 2.71 bits per heavy atom. The number of rotatable bonds is 12. The van der Waals surface area contributed by atoms with Crippen molar-refractivity contribution in [3.8, 4) is 17.0 Å². The molecule has 10 heteroatoms. The van der Waals surface area contributed by atoms with E-state index in [0.29, 0.717) is 42.3 Å². The highest BCUT2D eigenvalue weighted by Crippen LogP contribution is 2.38. The highest BCUT2D eigenvalue weighted by Gasteiger charge is 2.24. The average molecular weight is 556 g/mol. The number of carbonyl (C=O) groups excluding carboxylic acids is 1. The van der Waals surface area contributed by atoms with Crippen LogP contribution in [0.4, 0.5) is 23.0 Å². The highest BCUT2D eigenvalue weighted by molar-refractivity contribution is 6.02. The number of hydrogen-bond donors (Lipinski definition) is 2. The molecule has 0 aliphatic carbocycles. The molecule has 10 nitrogen and oxygen atoms in total. The SMILES string of the molecule is C=CC(=O)Nc1cc(Nc2nccc(-c3cn(C4COC4)c4ccccc34)n2)c(OC)cc1N(C)CCN(C)CC. The van der Waals surface area contributed by atoms with Crippen LogP contribution < -0.4 is 20.3 Å². The number of likely N-dealkylation sites (N-methyl/N-ethyl adjacent to an activating group) is 2. The van der Waals surface area contributed by atoms with E-state index in [1.165, 1.54) is 6.08 Å². The number of nitrogens with one attached hydrogen (secondary N) is 2. The zero-order valence-corrected chi connectivity index (χ0v) is 24.1. The first-order valence-electron chi connectivity index (χ1n) is 13.7. The number of carbonyl (C=O) groups is 1. The summed E-state index contributed by atoms with van der Waals surface area (Å²) in [5.74, 6) is 0.715. The van der Waals surface area contributed by atoms with Crippen molar-refractivity contribution < 1.29 is 14.3 Å². The van der Waals surface area contributed by atoms with Gasteiger partial charge in [0, 0.05) is 55.1 Å². The summed E-state index contributed by atoms with van der Waals surface area (Å²) < 4.78 is 13.5. The van der Waals surface area contributed by atoms with Crippen LogP contribution in [0.5, 0.6) is 5.75 Å². The summed E-state index contributed by atoms with van der Waals surface area (Å²) in [5, 5.41) is 7.38. The molecule has 1 fully saturated rings. The summed E-state index contributed by atoms with van der Waals surface area (Å²) in [6, 6.07) is 14.3. The summed E-state index contributed by atoms with van der Waals surface area (Å²) >= 11 is 0. The molecule has 1 aliphatic rings. The molecule has 0 atom stereocenters. The van der Waals surface area contributed by atoms with Crippen molar-refractivity contribution in [3.05, 3.63) is 67.5 Å². The van der Waals surface area contributed by atoms with E-state index in [-0.39, 0.29) is 5.91 Å². The van der Waals surface area contributed by atoms with Crippen LogP contribution in [0.2, 0.25) is 0 Å². The Morgan fingerprint density at radius 1 is 1.20 bits per heavy atom. The predicted molar refractivity (Wildman–Crippen MR) is 164 cm³/mol. The van der Waals surface area contributed by atoms with Crippen molar-refractivity contribution in [2.24, 2.45) is 0 Å². The van der Waals surface area contributed by atoms with Gasteiger partial charge in [-0.1, -0.05) is 31.7 Å². The maximum Gasteiger partial charge on any atom is 0.247 e. The zero-order chi connectivity index (χ0) is 28.9. The van der Waals surface area contributed by atoms with Crippen molar-refractivity contribution in [3.63, 3.8) is 0 Å². The third-order valence-corrected chi connectivity index (χ3v) is 7.46. The fraction of sp³-hybridized carbons (Fsp3) is 0.323. The van der Waals surface area contributed by atoms with Gasteiger partial charge in [-0.3, -0.25) is 4.79 Å². The minimum atomic E-state index is -0.298. The molecule has 5 rings (SSSR count). The number of para-hydroxylation sites is 1. The number of amides is 1. The number of benzene rings is 2. The molecule has 2 aromatic heterocycles. The first-order chi connectivity index (χ1) is 19.9. The van der Waals surface area contributed by atoms with Crippen LogP contribution in [0.15, 0.2) is 67.5 Å². The number of hydrogen-bond acceptors (Lipinski definition) is 8. The second kappa shape index (κ2) is 12.4. The maximum atomic E-state index is 12.3. The average Bonchev–Trinajstić information content (AvgIpc) is 3.34. The molecule has 0 radical (unpaired) electrons. The van der Waals surface area contributed by atoms with Crippen LogP contribution in [-0.4, -0.2) is 79.4 Å². The predicted octanol–water partition coefficient (Wildman–Crippen LogP) is 4.93. The standard InChI is InChI=1S/C31H37N7O3/c1-6-30(39)33-25-16-26(29(40-5)17-28(25)37(4)15-14-36(3)7-2)35-31-32-13-12-24(34-31)23-18-38(21-19-41-20-21)27-11-9-8-10-22(23)27/h6,8-13,16-18,21H,1,7,14-15,19-20H2,2-5H3,(H,33,39)(H,32,34,35). The molecule has 4 aromatic rings. The molecule has 0 saturated carbocycles. The van der Waals surface area contributed by atoms with Gasteiger partial charge in [-0.15, -0.1) is 0 Å². The van der Waals surface area contributed by atoms with Crippen molar-refractivity contribution >= 4 is 39.8 Å². The first kappa shape index (κ1) is 28.1.